The first-order chi connectivity index (χ1) is 6.21. The molecule has 0 aromatic rings. The van der Waals surface area contributed by atoms with E-state index in [1.165, 1.54) is 17.9 Å². The molecule has 0 amide bonds. The van der Waals surface area contributed by atoms with E-state index in [1.807, 2.05) is 0 Å². The lowest BCUT2D eigenvalue weighted by Crippen LogP contribution is -2.35. The van der Waals surface area contributed by atoms with Crippen molar-refractivity contribution in [3.63, 3.8) is 0 Å². The largest absolute Gasteiger partial charge is 0.161 e. The van der Waals surface area contributed by atoms with Gasteiger partial charge in [0.2, 0.25) is 0 Å². The van der Waals surface area contributed by atoms with Gasteiger partial charge in [-0.3, -0.25) is 0 Å². The lowest BCUT2D eigenvalue weighted by molar-refractivity contribution is 0.156. The van der Waals surface area contributed by atoms with Gasteiger partial charge in [-0.2, -0.15) is 11.8 Å². The predicted molar refractivity (Wildman–Crippen MR) is 67.8 cm³/mol. The Bertz CT molecular complexity index is 162. The molecule has 1 saturated heterocycles. The molecule has 0 aromatic heterocycles. The van der Waals surface area contributed by atoms with Gasteiger partial charge in [0.25, 0.3) is 0 Å². The molecule has 1 heterocycles. The van der Waals surface area contributed by atoms with Gasteiger partial charge in [-0.05, 0) is 40.6 Å². The lowest BCUT2D eigenvalue weighted by atomic mass is 9.70. The zero-order valence-electron chi connectivity index (χ0n) is 10.7. The molecule has 2 atom stereocenters. The third kappa shape index (κ3) is 3.18. The first kappa shape index (κ1) is 12.4. The van der Waals surface area contributed by atoms with Crippen LogP contribution < -0.4 is 0 Å². The Kier molecular flexibility index (Phi) is 3.62. The van der Waals surface area contributed by atoms with E-state index in [-0.39, 0.29) is 0 Å². The molecular weight excluding hydrogens is 188 g/mol. The van der Waals surface area contributed by atoms with E-state index in [9.17, 15) is 0 Å². The summed E-state index contributed by atoms with van der Waals surface area (Å²) in [6.45, 7) is 14.4. The van der Waals surface area contributed by atoms with Crippen LogP contribution in [-0.4, -0.2) is 11.5 Å². The summed E-state index contributed by atoms with van der Waals surface area (Å²) in [6.07, 6.45) is 1.43. The number of hydrogen-bond acceptors (Lipinski definition) is 1. The summed E-state index contributed by atoms with van der Waals surface area (Å²) in [5, 5.41) is 0. The molecule has 1 heteroatoms. The summed E-state index contributed by atoms with van der Waals surface area (Å²) in [5.74, 6) is 4.56. The molecule has 0 spiro atoms. The van der Waals surface area contributed by atoms with E-state index in [4.69, 9.17) is 0 Å². The molecule has 84 valence electrons. The standard InChI is InChI=1S/C13H26S/c1-12(2,3)10-7-11(9-14-8-10)13(4,5)6/h10-11H,7-9H2,1-6H3/t10-,11+. The molecule has 0 nitrogen and oxygen atoms in total. The van der Waals surface area contributed by atoms with Crippen LogP contribution in [0.15, 0.2) is 0 Å². The zero-order valence-corrected chi connectivity index (χ0v) is 11.5. The highest BCUT2D eigenvalue weighted by atomic mass is 32.2. The van der Waals surface area contributed by atoms with E-state index >= 15 is 0 Å². The fourth-order valence-corrected chi connectivity index (χ4v) is 4.02. The third-order valence-electron chi connectivity index (χ3n) is 3.66. The fraction of sp³-hybridized carbons (Fsp3) is 1.00. The molecule has 14 heavy (non-hydrogen) atoms. The van der Waals surface area contributed by atoms with Crippen molar-refractivity contribution in [3.8, 4) is 0 Å². The van der Waals surface area contributed by atoms with Crippen molar-refractivity contribution >= 4 is 11.8 Å². The molecule has 0 saturated carbocycles. The molecule has 0 bridgehead atoms. The Hall–Kier alpha value is 0.350. The molecule has 1 aliphatic heterocycles. The average molecular weight is 214 g/mol. The van der Waals surface area contributed by atoms with Crippen LogP contribution in [0.2, 0.25) is 0 Å². The monoisotopic (exact) mass is 214 g/mol. The van der Waals surface area contributed by atoms with Gasteiger partial charge in [-0.25, -0.2) is 0 Å². The van der Waals surface area contributed by atoms with Crippen LogP contribution in [0.4, 0.5) is 0 Å². The smallest absolute Gasteiger partial charge is 0.00339 e. The molecule has 0 aromatic carbocycles. The van der Waals surface area contributed by atoms with Crippen LogP contribution in [0.25, 0.3) is 0 Å². The van der Waals surface area contributed by atoms with E-state index < -0.39 is 0 Å². The fourth-order valence-electron chi connectivity index (χ4n) is 2.04. The lowest BCUT2D eigenvalue weighted by Gasteiger charge is -2.42. The Balaban J connectivity index is 2.61. The normalized spacial score (nSPS) is 30.4. The van der Waals surface area contributed by atoms with Gasteiger partial charge in [0.15, 0.2) is 0 Å². The maximum atomic E-state index is 2.39. The Labute approximate surface area is 94.2 Å². The number of rotatable bonds is 0. The van der Waals surface area contributed by atoms with Crippen LogP contribution in [0.3, 0.4) is 0 Å². The summed E-state index contributed by atoms with van der Waals surface area (Å²) in [6, 6.07) is 0. The third-order valence-corrected chi connectivity index (χ3v) is 4.93. The van der Waals surface area contributed by atoms with Crippen LogP contribution in [-0.2, 0) is 0 Å². The Morgan fingerprint density at radius 1 is 0.786 bits per heavy atom. The topological polar surface area (TPSA) is 0 Å². The van der Waals surface area contributed by atoms with Gasteiger partial charge in [0.1, 0.15) is 0 Å². The van der Waals surface area contributed by atoms with Crippen LogP contribution in [0.1, 0.15) is 48.0 Å². The molecular formula is C13H26S. The van der Waals surface area contributed by atoms with Gasteiger partial charge >= 0.3 is 0 Å². The Morgan fingerprint density at radius 2 is 1.14 bits per heavy atom. The Morgan fingerprint density at radius 3 is 1.43 bits per heavy atom. The van der Waals surface area contributed by atoms with Gasteiger partial charge in [-0.15, -0.1) is 0 Å². The predicted octanol–water partition coefficient (Wildman–Crippen LogP) is 4.45. The van der Waals surface area contributed by atoms with Gasteiger partial charge < -0.3 is 0 Å². The van der Waals surface area contributed by atoms with Crippen molar-refractivity contribution in [2.24, 2.45) is 22.7 Å². The maximum Gasteiger partial charge on any atom is -0.00339 e. The molecule has 1 aliphatic rings. The highest BCUT2D eigenvalue weighted by molar-refractivity contribution is 7.99. The summed E-state index contributed by atoms with van der Waals surface area (Å²) in [7, 11) is 0. The van der Waals surface area contributed by atoms with Crippen molar-refractivity contribution in [1.82, 2.24) is 0 Å². The van der Waals surface area contributed by atoms with E-state index in [0.717, 1.165) is 11.8 Å². The van der Waals surface area contributed by atoms with E-state index in [2.05, 4.69) is 53.3 Å². The van der Waals surface area contributed by atoms with Crippen LogP contribution >= 0.6 is 11.8 Å². The van der Waals surface area contributed by atoms with Crippen molar-refractivity contribution in [1.29, 1.82) is 0 Å². The average Bonchev–Trinajstić information content (AvgIpc) is 2.01. The minimum absolute atomic E-state index is 0.497. The van der Waals surface area contributed by atoms with Gasteiger partial charge in [0.05, 0.1) is 0 Å². The van der Waals surface area contributed by atoms with Crippen molar-refractivity contribution < 1.29 is 0 Å². The van der Waals surface area contributed by atoms with Gasteiger partial charge in [-0.1, -0.05) is 41.5 Å². The quantitative estimate of drug-likeness (QED) is 0.574. The number of thioether (sulfide) groups is 1. The van der Waals surface area contributed by atoms with Crippen LogP contribution in [0, 0.1) is 22.7 Å². The van der Waals surface area contributed by atoms with Gasteiger partial charge in [0, 0.05) is 0 Å². The molecule has 0 unspecified atom stereocenters. The minimum Gasteiger partial charge on any atom is -0.161 e. The first-order valence-electron chi connectivity index (χ1n) is 5.79. The zero-order chi connectivity index (χ0) is 11.0. The molecule has 0 radical (unpaired) electrons. The summed E-state index contributed by atoms with van der Waals surface area (Å²) >= 11 is 2.16. The van der Waals surface area contributed by atoms with E-state index in [0.29, 0.717) is 10.8 Å². The van der Waals surface area contributed by atoms with Crippen molar-refractivity contribution in [2.75, 3.05) is 11.5 Å². The SMILES string of the molecule is CC(C)(C)[C@@H]1CSC[C@H](C(C)(C)C)C1. The molecule has 1 rings (SSSR count). The van der Waals surface area contributed by atoms with Crippen LogP contribution in [0.5, 0.6) is 0 Å². The summed E-state index contributed by atoms with van der Waals surface area (Å²) in [4.78, 5) is 0. The highest BCUT2D eigenvalue weighted by Gasteiger charge is 2.35. The number of hydrogen-bond donors (Lipinski definition) is 0. The molecule has 0 aliphatic carbocycles. The second kappa shape index (κ2) is 4.08. The van der Waals surface area contributed by atoms with Crippen molar-refractivity contribution in [3.05, 3.63) is 0 Å². The maximum absolute atomic E-state index is 2.39. The molecule has 1 fully saturated rings. The second-order valence-corrected chi connectivity index (χ2v) is 7.97. The van der Waals surface area contributed by atoms with Crippen molar-refractivity contribution in [2.45, 2.75) is 48.0 Å². The highest BCUT2D eigenvalue weighted by Crippen LogP contribution is 2.44. The first-order valence-corrected chi connectivity index (χ1v) is 6.94. The molecule has 0 N–H and O–H groups in total. The second-order valence-electron chi connectivity index (χ2n) is 6.90. The summed E-state index contributed by atoms with van der Waals surface area (Å²) in [5.41, 5.74) is 0.994. The minimum atomic E-state index is 0.497. The van der Waals surface area contributed by atoms with E-state index in [1.54, 1.807) is 0 Å². The summed E-state index contributed by atoms with van der Waals surface area (Å²) < 4.78 is 0.